The van der Waals surface area contributed by atoms with Gasteiger partial charge in [-0.25, -0.2) is 0 Å². The Morgan fingerprint density at radius 1 is 1.29 bits per heavy atom. The molecule has 0 aliphatic carbocycles. The number of carbonyl (C=O) groups excluding carboxylic acids is 1. The van der Waals surface area contributed by atoms with E-state index in [0.717, 1.165) is 6.42 Å². The number of rotatable bonds is 7. The second-order valence-electron chi connectivity index (χ2n) is 3.39. The first-order valence-corrected chi connectivity index (χ1v) is 4.78. The van der Waals surface area contributed by atoms with Crippen molar-refractivity contribution >= 4 is 5.97 Å². The summed E-state index contributed by atoms with van der Waals surface area (Å²) in [6, 6.07) is 0. The molecular formula is C10H20O4. The molecule has 84 valence electrons. The number of hydrogen-bond acceptors (Lipinski definition) is 4. The van der Waals surface area contributed by atoms with Gasteiger partial charge in [-0.2, -0.15) is 0 Å². The van der Waals surface area contributed by atoms with E-state index in [-0.39, 0.29) is 17.8 Å². The van der Waals surface area contributed by atoms with Gasteiger partial charge in [0.05, 0.1) is 13.0 Å². The Balaban J connectivity index is 3.61. The molecule has 4 heteroatoms. The first-order valence-electron chi connectivity index (χ1n) is 4.78. The second-order valence-corrected chi connectivity index (χ2v) is 3.39. The normalized spacial score (nSPS) is 14.9. The summed E-state index contributed by atoms with van der Waals surface area (Å²) >= 11 is 0. The zero-order chi connectivity index (χ0) is 11.0. The Bertz CT molecular complexity index is 158. The minimum absolute atomic E-state index is 0.0776. The third-order valence-corrected chi connectivity index (χ3v) is 2.35. The largest absolute Gasteiger partial charge is 0.469 e. The summed E-state index contributed by atoms with van der Waals surface area (Å²) in [5.74, 6) is 0.0229. The molecule has 0 rings (SSSR count). The van der Waals surface area contributed by atoms with Gasteiger partial charge in [-0.3, -0.25) is 4.79 Å². The summed E-state index contributed by atoms with van der Waals surface area (Å²) < 4.78 is 14.5. The predicted molar refractivity (Wildman–Crippen MR) is 52.8 cm³/mol. The first kappa shape index (κ1) is 13.4. The maximum absolute atomic E-state index is 11.2. The highest BCUT2D eigenvalue weighted by molar-refractivity contribution is 5.72. The van der Waals surface area contributed by atoms with Gasteiger partial charge < -0.3 is 14.2 Å². The van der Waals surface area contributed by atoms with Crippen LogP contribution in [0.1, 0.15) is 20.3 Å². The van der Waals surface area contributed by atoms with E-state index in [2.05, 4.69) is 4.74 Å². The molecule has 0 bridgehead atoms. The molecule has 0 saturated carbocycles. The van der Waals surface area contributed by atoms with Gasteiger partial charge in [-0.15, -0.1) is 0 Å². The van der Waals surface area contributed by atoms with E-state index < -0.39 is 0 Å². The lowest BCUT2D eigenvalue weighted by molar-refractivity contribution is -0.146. The summed E-state index contributed by atoms with van der Waals surface area (Å²) in [6.07, 6.45) is 0.833. The van der Waals surface area contributed by atoms with Gasteiger partial charge in [0.1, 0.15) is 6.79 Å². The molecule has 0 spiro atoms. The average molecular weight is 204 g/mol. The van der Waals surface area contributed by atoms with Crippen molar-refractivity contribution in [2.75, 3.05) is 27.6 Å². The molecule has 14 heavy (non-hydrogen) atoms. The maximum atomic E-state index is 11.2. The van der Waals surface area contributed by atoms with Gasteiger partial charge in [-0.1, -0.05) is 13.8 Å². The molecule has 0 aliphatic rings. The molecule has 0 aromatic carbocycles. The Kier molecular flexibility index (Phi) is 7.42. The fraction of sp³-hybridized carbons (Fsp3) is 0.900. The molecule has 0 N–H and O–H groups in total. The Morgan fingerprint density at radius 2 is 1.93 bits per heavy atom. The lowest BCUT2D eigenvalue weighted by Gasteiger charge is -2.17. The summed E-state index contributed by atoms with van der Waals surface area (Å²) in [4.78, 5) is 11.2. The molecular weight excluding hydrogens is 184 g/mol. The smallest absolute Gasteiger partial charge is 0.308 e. The molecule has 2 atom stereocenters. The van der Waals surface area contributed by atoms with Crippen LogP contribution in [-0.2, 0) is 19.0 Å². The Labute approximate surface area is 85.5 Å². The highest BCUT2D eigenvalue weighted by atomic mass is 16.7. The summed E-state index contributed by atoms with van der Waals surface area (Å²) in [5, 5.41) is 0. The van der Waals surface area contributed by atoms with Crippen LogP contribution in [0.2, 0.25) is 0 Å². The number of carbonyl (C=O) groups is 1. The number of methoxy groups -OCH3 is 2. The van der Waals surface area contributed by atoms with Crippen LogP contribution < -0.4 is 0 Å². The minimum atomic E-state index is -0.163. The van der Waals surface area contributed by atoms with Crippen molar-refractivity contribution in [2.24, 2.45) is 11.8 Å². The molecule has 0 heterocycles. The van der Waals surface area contributed by atoms with Crippen LogP contribution in [0.4, 0.5) is 0 Å². The lowest BCUT2D eigenvalue weighted by atomic mass is 9.93. The summed E-state index contributed by atoms with van der Waals surface area (Å²) in [7, 11) is 2.99. The standard InChI is InChI=1S/C10H20O4/c1-8(5-6-14-7-12-3)9(2)10(11)13-4/h8-9H,5-7H2,1-4H3/t8-,9-/m0/s1. The van der Waals surface area contributed by atoms with E-state index in [1.54, 1.807) is 7.11 Å². The third-order valence-electron chi connectivity index (χ3n) is 2.35. The van der Waals surface area contributed by atoms with Crippen LogP contribution >= 0.6 is 0 Å². The van der Waals surface area contributed by atoms with Gasteiger partial charge in [0.2, 0.25) is 0 Å². The molecule has 0 saturated heterocycles. The van der Waals surface area contributed by atoms with Gasteiger partial charge >= 0.3 is 5.97 Å². The lowest BCUT2D eigenvalue weighted by Crippen LogP contribution is -2.21. The quantitative estimate of drug-likeness (QED) is 0.357. The van der Waals surface area contributed by atoms with Crippen molar-refractivity contribution < 1.29 is 19.0 Å². The summed E-state index contributed by atoms with van der Waals surface area (Å²) in [6.45, 7) is 4.79. The predicted octanol–water partition coefficient (Wildman–Crippen LogP) is 1.44. The van der Waals surface area contributed by atoms with Crippen molar-refractivity contribution in [1.82, 2.24) is 0 Å². The van der Waals surface area contributed by atoms with Gasteiger partial charge in [-0.05, 0) is 12.3 Å². The Morgan fingerprint density at radius 3 is 2.43 bits per heavy atom. The van der Waals surface area contributed by atoms with Gasteiger partial charge in [0.15, 0.2) is 0 Å². The van der Waals surface area contributed by atoms with Crippen LogP contribution in [0.15, 0.2) is 0 Å². The van der Waals surface area contributed by atoms with Crippen LogP contribution in [0.3, 0.4) is 0 Å². The molecule has 0 amide bonds. The van der Waals surface area contributed by atoms with E-state index in [1.165, 1.54) is 7.11 Å². The molecule has 0 aromatic heterocycles. The fourth-order valence-corrected chi connectivity index (χ4v) is 1.08. The van der Waals surface area contributed by atoms with Crippen LogP contribution in [0, 0.1) is 11.8 Å². The van der Waals surface area contributed by atoms with Crippen molar-refractivity contribution in [2.45, 2.75) is 20.3 Å². The topological polar surface area (TPSA) is 44.8 Å². The molecule has 0 radical (unpaired) electrons. The van der Waals surface area contributed by atoms with Crippen molar-refractivity contribution in [1.29, 1.82) is 0 Å². The van der Waals surface area contributed by atoms with E-state index in [4.69, 9.17) is 9.47 Å². The maximum Gasteiger partial charge on any atom is 0.308 e. The minimum Gasteiger partial charge on any atom is -0.469 e. The SMILES string of the molecule is COCOCC[C@H](C)[C@H](C)C(=O)OC. The Hall–Kier alpha value is -0.610. The zero-order valence-electron chi connectivity index (χ0n) is 9.41. The average Bonchev–Trinajstić information content (AvgIpc) is 2.21. The van der Waals surface area contributed by atoms with Gasteiger partial charge in [0.25, 0.3) is 0 Å². The zero-order valence-corrected chi connectivity index (χ0v) is 9.41. The van der Waals surface area contributed by atoms with Crippen molar-refractivity contribution in [3.63, 3.8) is 0 Å². The van der Waals surface area contributed by atoms with Crippen molar-refractivity contribution in [3.05, 3.63) is 0 Å². The highest BCUT2D eigenvalue weighted by Gasteiger charge is 2.20. The molecule has 4 nitrogen and oxygen atoms in total. The van der Waals surface area contributed by atoms with Crippen LogP contribution in [0.5, 0.6) is 0 Å². The van der Waals surface area contributed by atoms with Crippen molar-refractivity contribution in [3.8, 4) is 0 Å². The second kappa shape index (κ2) is 7.76. The molecule has 0 fully saturated rings. The third kappa shape index (κ3) is 5.19. The van der Waals surface area contributed by atoms with E-state index >= 15 is 0 Å². The fourth-order valence-electron chi connectivity index (χ4n) is 1.08. The molecule has 0 unspecified atom stereocenters. The highest BCUT2D eigenvalue weighted by Crippen LogP contribution is 2.16. The number of hydrogen-bond donors (Lipinski definition) is 0. The van der Waals surface area contributed by atoms with E-state index in [0.29, 0.717) is 13.4 Å². The molecule has 0 aliphatic heterocycles. The monoisotopic (exact) mass is 204 g/mol. The van der Waals surface area contributed by atoms with E-state index in [1.807, 2.05) is 13.8 Å². The van der Waals surface area contributed by atoms with E-state index in [9.17, 15) is 4.79 Å². The number of ether oxygens (including phenoxy) is 3. The van der Waals surface area contributed by atoms with Crippen LogP contribution in [-0.4, -0.2) is 33.6 Å². The van der Waals surface area contributed by atoms with Crippen LogP contribution in [0.25, 0.3) is 0 Å². The first-order chi connectivity index (χ1) is 6.63. The number of esters is 1. The molecule has 0 aromatic rings. The van der Waals surface area contributed by atoms with Gasteiger partial charge in [0, 0.05) is 13.7 Å². The summed E-state index contributed by atoms with van der Waals surface area (Å²) in [5.41, 5.74) is 0.